The number of rotatable bonds is 8. The Morgan fingerprint density at radius 1 is 1.25 bits per heavy atom. The lowest BCUT2D eigenvalue weighted by Crippen LogP contribution is -2.39. The van der Waals surface area contributed by atoms with Crippen LogP contribution in [0.25, 0.3) is 11.3 Å². The average molecular weight is 513 g/mol. The zero-order chi connectivity index (χ0) is 24.9. The second-order valence-electron chi connectivity index (χ2n) is 9.81. The van der Waals surface area contributed by atoms with Crippen molar-refractivity contribution >= 4 is 29.4 Å². The molecule has 1 atom stereocenters. The molecule has 2 amide bonds. The Labute approximate surface area is 216 Å². The fourth-order valence-corrected chi connectivity index (χ4v) is 5.32. The van der Waals surface area contributed by atoms with Crippen LogP contribution in [0.5, 0.6) is 0 Å². The molecule has 2 fully saturated rings. The minimum Gasteiger partial charge on any atom is -0.381 e. The van der Waals surface area contributed by atoms with Gasteiger partial charge in [-0.3, -0.25) is 9.59 Å². The molecule has 2 saturated heterocycles. The summed E-state index contributed by atoms with van der Waals surface area (Å²) in [6.45, 7) is 4.65. The van der Waals surface area contributed by atoms with E-state index in [-0.39, 0.29) is 24.4 Å². The van der Waals surface area contributed by atoms with E-state index in [0.717, 1.165) is 56.7 Å². The number of piperidine rings is 1. The Morgan fingerprint density at radius 2 is 2.11 bits per heavy atom. The molecule has 1 aromatic carbocycles. The second kappa shape index (κ2) is 11.5. The Balaban J connectivity index is 1.20. The molecule has 2 aromatic rings. The van der Waals surface area contributed by atoms with E-state index in [9.17, 15) is 9.59 Å². The molecule has 9 nitrogen and oxygen atoms in total. The second-order valence-corrected chi connectivity index (χ2v) is 10.2. The highest BCUT2D eigenvalue weighted by Gasteiger charge is 2.29. The van der Waals surface area contributed by atoms with Crippen LogP contribution in [0.3, 0.4) is 0 Å². The molecule has 10 heteroatoms. The van der Waals surface area contributed by atoms with Gasteiger partial charge in [0, 0.05) is 43.5 Å². The Morgan fingerprint density at radius 3 is 2.92 bits per heavy atom. The number of carbonyl (C=O) groups excluding carboxylic acids is 2. The number of halogens is 1. The lowest BCUT2D eigenvalue weighted by molar-refractivity contribution is -0.121. The number of nitrogens with zero attached hydrogens (tertiary/aromatic N) is 3. The van der Waals surface area contributed by atoms with Crippen LogP contribution in [-0.2, 0) is 16.1 Å². The Kier molecular flexibility index (Phi) is 7.99. The van der Waals surface area contributed by atoms with Crippen molar-refractivity contribution in [1.82, 2.24) is 25.5 Å². The molecular formula is C26H33ClN6O3. The van der Waals surface area contributed by atoms with Crippen LogP contribution in [0.2, 0.25) is 5.02 Å². The SMILES string of the molecule is O=C(CN1Cc2ccc(-c3nc(NC4CCOCC4)ncc3Cl)cc2C1=O)NCC[C@H]1CCCNC1. The minimum atomic E-state index is -0.149. The van der Waals surface area contributed by atoms with Crippen molar-refractivity contribution in [3.63, 3.8) is 0 Å². The lowest BCUT2D eigenvalue weighted by atomic mass is 9.96. The summed E-state index contributed by atoms with van der Waals surface area (Å²) in [5, 5.41) is 10.2. The number of anilines is 1. The van der Waals surface area contributed by atoms with Crippen LogP contribution in [0.1, 0.15) is 48.0 Å². The molecular weight excluding hydrogens is 480 g/mol. The summed E-state index contributed by atoms with van der Waals surface area (Å²) in [6, 6.07) is 5.91. The van der Waals surface area contributed by atoms with Gasteiger partial charge in [-0.1, -0.05) is 23.7 Å². The van der Waals surface area contributed by atoms with Crippen molar-refractivity contribution in [2.45, 2.75) is 44.7 Å². The van der Waals surface area contributed by atoms with E-state index in [2.05, 4.69) is 25.9 Å². The van der Waals surface area contributed by atoms with Crippen LogP contribution in [0.4, 0.5) is 5.95 Å². The standard InChI is InChI=1S/C26H33ClN6O3/c27-22-14-30-26(31-20-6-10-36-11-7-20)32-24(22)18-3-4-19-15-33(25(35)21(19)12-18)16-23(34)29-9-5-17-2-1-8-28-13-17/h3-4,12,14,17,20,28H,1-2,5-11,13,15-16H2,(H,29,34)(H,30,31,32)/t17-/m1/s1. The van der Waals surface area contributed by atoms with E-state index in [0.29, 0.717) is 41.2 Å². The van der Waals surface area contributed by atoms with Crippen LogP contribution in [0.15, 0.2) is 24.4 Å². The Hall–Kier alpha value is -2.75. The quantitative estimate of drug-likeness (QED) is 0.499. The molecule has 5 rings (SSSR count). The molecule has 192 valence electrons. The van der Waals surface area contributed by atoms with Crippen molar-refractivity contribution in [3.05, 3.63) is 40.5 Å². The predicted octanol–water partition coefficient (Wildman–Crippen LogP) is 2.85. The number of aromatic nitrogens is 2. The number of hydrogen-bond donors (Lipinski definition) is 3. The first-order valence-corrected chi connectivity index (χ1v) is 13.2. The number of fused-ring (bicyclic) bond motifs is 1. The van der Waals surface area contributed by atoms with Gasteiger partial charge < -0.3 is 25.6 Å². The average Bonchev–Trinajstić information content (AvgIpc) is 3.20. The zero-order valence-electron chi connectivity index (χ0n) is 20.4. The third-order valence-corrected chi connectivity index (χ3v) is 7.45. The summed E-state index contributed by atoms with van der Waals surface area (Å²) < 4.78 is 5.41. The fraction of sp³-hybridized carbons (Fsp3) is 0.538. The van der Waals surface area contributed by atoms with E-state index in [4.69, 9.17) is 16.3 Å². The van der Waals surface area contributed by atoms with Gasteiger partial charge in [-0.25, -0.2) is 9.97 Å². The van der Waals surface area contributed by atoms with Crippen molar-refractivity contribution < 1.29 is 14.3 Å². The van der Waals surface area contributed by atoms with Crippen LogP contribution in [-0.4, -0.2) is 72.1 Å². The minimum absolute atomic E-state index is 0.0548. The van der Waals surface area contributed by atoms with Gasteiger partial charge in [0.25, 0.3) is 5.91 Å². The highest BCUT2D eigenvalue weighted by Crippen LogP contribution is 2.31. The number of benzene rings is 1. The van der Waals surface area contributed by atoms with Crippen LogP contribution in [0, 0.1) is 5.92 Å². The van der Waals surface area contributed by atoms with Gasteiger partial charge >= 0.3 is 0 Å². The maximum atomic E-state index is 13.1. The number of amides is 2. The highest BCUT2D eigenvalue weighted by atomic mass is 35.5. The number of hydrogen-bond acceptors (Lipinski definition) is 7. The van der Waals surface area contributed by atoms with Gasteiger partial charge in [-0.2, -0.15) is 0 Å². The third kappa shape index (κ3) is 5.96. The normalized spacial score (nSPS) is 20.3. The van der Waals surface area contributed by atoms with Gasteiger partial charge in [0.15, 0.2) is 0 Å². The van der Waals surface area contributed by atoms with Gasteiger partial charge in [0.2, 0.25) is 11.9 Å². The Bertz CT molecular complexity index is 1100. The molecule has 0 spiro atoms. The maximum absolute atomic E-state index is 13.1. The van der Waals surface area contributed by atoms with E-state index in [1.807, 2.05) is 18.2 Å². The predicted molar refractivity (Wildman–Crippen MR) is 138 cm³/mol. The summed E-state index contributed by atoms with van der Waals surface area (Å²) in [5.41, 5.74) is 2.81. The van der Waals surface area contributed by atoms with Crippen molar-refractivity contribution in [1.29, 1.82) is 0 Å². The summed E-state index contributed by atoms with van der Waals surface area (Å²) >= 11 is 6.44. The number of carbonyl (C=O) groups is 2. The molecule has 0 saturated carbocycles. The molecule has 0 aliphatic carbocycles. The molecule has 0 bridgehead atoms. The molecule has 3 aliphatic heterocycles. The monoisotopic (exact) mass is 512 g/mol. The van der Waals surface area contributed by atoms with Gasteiger partial charge in [-0.05, 0) is 62.7 Å². The first-order valence-electron chi connectivity index (χ1n) is 12.8. The summed E-state index contributed by atoms with van der Waals surface area (Å²) in [7, 11) is 0. The van der Waals surface area contributed by atoms with E-state index in [1.165, 1.54) is 12.8 Å². The summed E-state index contributed by atoms with van der Waals surface area (Å²) in [4.78, 5) is 36.2. The molecule has 0 radical (unpaired) electrons. The zero-order valence-corrected chi connectivity index (χ0v) is 21.1. The third-order valence-electron chi connectivity index (χ3n) is 7.17. The molecule has 4 heterocycles. The summed E-state index contributed by atoms with van der Waals surface area (Å²) in [6.07, 6.45) is 6.73. The van der Waals surface area contributed by atoms with Crippen molar-refractivity contribution in [2.24, 2.45) is 5.92 Å². The number of nitrogens with one attached hydrogen (secondary N) is 3. The summed E-state index contributed by atoms with van der Waals surface area (Å²) in [5.74, 6) is 0.846. The van der Waals surface area contributed by atoms with E-state index < -0.39 is 0 Å². The van der Waals surface area contributed by atoms with Gasteiger partial charge in [0.1, 0.15) is 6.54 Å². The fourth-order valence-electron chi connectivity index (χ4n) is 5.12. The van der Waals surface area contributed by atoms with E-state index in [1.54, 1.807) is 11.1 Å². The first-order chi connectivity index (χ1) is 17.6. The number of ether oxygens (including phenoxy) is 1. The molecule has 36 heavy (non-hydrogen) atoms. The largest absolute Gasteiger partial charge is 0.381 e. The van der Waals surface area contributed by atoms with Crippen LogP contribution < -0.4 is 16.0 Å². The topological polar surface area (TPSA) is 108 Å². The lowest BCUT2D eigenvalue weighted by Gasteiger charge is -2.23. The van der Waals surface area contributed by atoms with Gasteiger partial charge in [0.05, 0.1) is 16.9 Å². The van der Waals surface area contributed by atoms with Crippen molar-refractivity contribution in [3.8, 4) is 11.3 Å². The smallest absolute Gasteiger partial charge is 0.254 e. The highest BCUT2D eigenvalue weighted by molar-refractivity contribution is 6.33. The maximum Gasteiger partial charge on any atom is 0.254 e. The van der Waals surface area contributed by atoms with Crippen LogP contribution >= 0.6 is 11.6 Å². The van der Waals surface area contributed by atoms with Crippen molar-refractivity contribution in [2.75, 3.05) is 44.7 Å². The molecule has 0 unspecified atom stereocenters. The molecule has 1 aromatic heterocycles. The van der Waals surface area contributed by atoms with E-state index >= 15 is 0 Å². The molecule has 3 aliphatic rings. The first kappa shape index (κ1) is 24.9. The van der Waals surface area contributed by atoms with Gasteiger partial charge in [-0.15, -0.1) is 0 Å². The molecule has 3 N–H and O–H groups in total.